The highest BCUT2D eigenvalue weighted by molar-refractivity contribution is 7.97. The average Bonchev–Trinajstić information content (AvgIpc) is 1.07. The minimum Gasteiger partial charge on any atom is -0.743 e. The third kappa shape index (κ3) is 24.4. The van der Waals surface area contributed by atoms with Gasteiger partial charge in [0.1, 0.15) is 15.8 Å². The van der Waals surface area contributed by atoms with E-state index in [1.54, 1.807) is 0 Å². The molecule has 0 N–H and O–H groups in total. The number of thiophene rings is 1. The first-order valence-electron chi connectivity index (χ1n) is 42.7. The third-order valence-corrected chi connectivity index (χ3v) is 34.3. The first-order chi connectivity index (χ1) is 59.9. The number of ether oxygens (including phenoxy) is 3. The van der Waals surface area contributed by atoms with Crippen molar-refractivity contribution in [1.29, 1.82) is 0 Å². The first-order valence-corrected chi connectivity index (χ1v) is 50.6. The van der Waals surface area contributed by atoms with Crippen molar-refractivity contribution in [1.82, 2.24) is 0 Å². The molecular weight excluding hydrogens is 1760 g/mol. The topological polar surface area (TPSA) is 242 Å². The number of rotatable bonds is 25. The van der Waals surface area contributed by atoms with Crippen LogP contribution in [0, 0.1) is 60.2 Å². The molecule has 19 rings (SSSR count). The van der Waals surface area contributed by atoms with E-state index in [0.29, 0.717) is 80.5 Å². The minimum absolute atomic E-state index is 0. The molecule has 15 nitrogen and oxygen atoms in total. The molecular formula is C98H109F8NO14S6. The lowest BCUT2D eigenvalue weighted by atomic mass is 9.49. The van der Waals surface area contributed by atoms with E-state index < -0.39 is 101 Å². The monoisotopic (exact) mass is 1870 g/mol. The Balaban J connectivity index is 0.000000151. The minimum atomic E-state index is -5.81. The number of carbonyl (C=O) groups excluding carboxylic acids is 3. The summed E-state index contributed by atoms with van der Waals surface area (Å²) in [6.07, 6.45) is 19.3. The van der Waals surface area contributed by atoms with Crippen molar-refractivity contribution in [3.05, 3.63) is 259 Å². The largest absolute Gasteiger partial charge is 0.743 e. The van der Waals surface area contributed by atoms with Crippen LogP contribution in [0.1, 0.15) is 167 Å². The third-order valence-electron chi connectivity index (χ3n) is 24.4. The van der Waals surface area contributed by atoms with Gasteiger partial charge in [-0.3, -0.25) is 14.4 Å². The number of sulfonamides is 1. The summed E-state index contributed by atoms with van der Waals surface area (Å²) >= 11 is 0. The fourth-order valence-corrected chi connectivity index (χ4v) is 27.4. The molecule has 9 fully saturated rings. The zero-order valence-electron chi connectivity index (χ0n) is 70.4. The molecule has 0 atom stereocenters. The van der Waals surface area contributed by atoms with Crippen molar-refractivity contribution in [2.24, 2.45) is 46.3 Å². The Hall–Kier alpha value is -8.52. The van der Waals surface area contributed by atoms with Crippen LogP contribution >= 0.6 is 10.5 Å². The number of hydrogen-bond acceptors (Lipinski definition) is 14. The van der Waals surface area contributed by atoms with Crippen molar-refractivity contribution >= 4 is 101 Å². The molecule has 9 aliphatic rings. The SMILES string of the molecule is C.CCCCCCCCCCC(=O)Oc1c(C)cc([S+](c2ccccc2)c2ccccc2)cc1C.O=C(OCC(F)(F)S(=O)(=O)[O-])C12CC3CC(CC(C3)C1)C2.O=C(OCC(F)(F)S(=O)(=O)[O-])C12CC3CC(CC(C3)C1)C2.O=S1(=O)[N-]CCC(F)(F)C1(F)F.c1ccc(-[s+]2c3ccccc3c3ccccc32)cc1.c1ccc([S+](c2ccccc2)c2ccccc2)cc1. The Morgan fingerprint density at radius 3 is 1.07 bits per heavy atom. The van der Waals surface area contributed by atoms with Gasteiger partial charge in [0, 0.05) is 46.2 Å². The summed E-state index contributed by atoms with van der Waals surface area (Å²) in [5.74, 6) is -2.80. The van der Waals surface area contributed by atoms with Crippen LogP contribution < -0.4 is 4.74 Å². The van der Waals surface area contributed by atoms with Crippen LogP contribution in [0.3, 0.4) is 0 Å². The molecule has 8 bridgehead atoms. The molecule has 1 aliphatic heterocycles. The second kappa shape index (κ2) is 43.0. The van der Waals surface area contributed by atoms with E-state index >= 15 is 0 Å². The highest BCUT2D eigenvalue weighted by atomic mass is 32.2. The second-order valence-corrected chi connectivity index (χ2v) is 44.7. The highest BCUT2D eigenvalue weighted by Gasteiger charge is 2.63. The average molecular weight is 1870 g/mol. The van der Waals surface area contributed by atoms with Gasteiger partial charge in [0.25, 0.3) is 0 Å². The van der Waals surface area contributed by atoms with Gasteiger partial charge in [-0.05, 0) is 241 Å². The van der Waals surface area contributed by atoms with Crippen molar-refractivity contribution in [2.45, 2.75) is 221 Å². The molecule has 0 spiro atoms. The van der Waals surface area contributed by atoms with Gasteiger partial charge in [-0.2, -0.15) is 35.1 Å². The number of alkyl halides is 8. The van der Waals surface area contributed by atoms with E-state index in [4.69, 9.17) is 4.74 Å². The summed E-state index contributed by atoms with van der Waals surface area (Å²) in [4.78, 5) is 46.3. The number of aryl methyl sites for hydroxylation is 2. The maximum atomic E-state index is 13.1. The van der Waals surface area contributed by atoms with E-state index in [1.165, 1.54) is 93.0 Å². The lowest BCUT2D eigenvalue weighted by molar-refractivity contribution is -0.177. The van der Waals surface area contributed by atoms with Crippen LogP contribution in [0.25, 0.3) is 29.8 Å². The number of benzene rings is 9. The molecule has 682 valence electrons. The van der Waals surface area contributed by atoms with Gasteiger partial charge in [0.05, 0.1) is 32.6 Å². The molecule has 127 heavy (non-hydrogen) atoms. The lowest BCUT2D eigenvalue weighted by Gasteiger charge is -2.55. The van der Waals surface area contributed by atoms with Gasteiger partial charge in [-0.15, -0.1) is 6.54 Å². The predicted molar refractivity (Wildman–Crippen MR) is 481 cm³/mol. The number of carbonyl (C=O) groups is 3. The van der Waals surface area contributed by atoms with Crippen LogP contribution in [-0.2, 0) is 75.9 Å². The fourth-order valence-electron chi connectivity index (χ4n) is 19.2. The molecule has 0 unspecified atom stereocenters. The molecule has 0 radical (unpaired) electrons. The number of unbranched alkanes of at least 4 members (excludes halogenated alkanes) is 7. The standard InChI is InChI=1S/C31H39O2S.C18H13S.C18H15S.2C13H18F2O5S.C4H4F4NO2S.CH4/c1-4-5-6-7-8-9-10-17-22-30(32)33-31-25(2)23-29(24-26(31)3)34(27-18-13-11-14-19-27)28-20-15-12-16-21-28;1-2-8-14(9-3-1)19-17-12-6-4-10-15(17)16-11-5-7-13-18(16)19;1-4-10-16(11-5-1)19(17-12-6-2-7-13-17)18-14-8-3-9-15-18;2*14-13(15,21(17,18)19)7-20-11(16)12-4-8-1-9(5-12)3-10(2-8)6-12;5-3(6)1-2-9-12(10,11)4(3,7)8;/h11-16,18-21,23-24H,4-10,17,22H2,1-3H3;1-13H;1-15H;2*8-10H,1-7H2,(H,17,18,19);1-2H2;1H4/q3*+1;;;-1;/p-2. The second-order valence-electron chi connectivity index (χ2n) is 33.9. The highest BCUT2D eigenvalue weighted by Crippen LogP contribution is 2.62. The van der Waals surface area contributed by atoms with Crippen LogP contribution in [0.5, 0.6) is 5.75 Å². The fraction of sp³-hybridized carbons (Fsp3) is 0.418. The Kier molecular flexibility index (Phi) is 33.6. The first kappa shape index (κ1) is 99.1. The van der Waals surface area contributed by atoms with E-state index in [1.807, 2.05) is 13.8 Å². The van der Waals surface area contributed by atoms with Crippen LogP contribution in [0.15, 0.2) is 272 Å². The molecule has 8 saturated carbocycles. The molecule has 0 amide bonds. The Morgan fingerprint density at radius 1 is 0.457 bits per heavy atom. The van der Waals surface area contributed by atoms with Gasteiger partial charge < -0.3 is 28.0 Å². The number of fused-ring (bicyclic) bond motifs is 3. The van der Waals surface area contributed by atoms with Gasteiger partial charge in [0.2, 0.25) is 0 Å². The molecule has 8 aliphatic carbocycles. The van der Waals surface area contributed by atoms with Crippen molar-refractivity contribution < 1.29 is 98.1 Å². The quantitative estimate of drug-likeness (QED) is 0.0129. The lowest BCUT2D eigenvalue weighted by Crippen LogP contribution is -2.51. The van der Waals surface area contributed by atoms with Gasteiger partial charge in [-0.25, -0.2) is 25.3 Å². The summed E-state index contributed by atoms with van der Waals surface area (Å²) in [6.45, 7) is 2.19. The van der Waals surface area contributed by atoms with Gasteiger partial charge in [0.15, 0.2) is 77.1 Å². The summed E-state index contributed by atoms with van der Waals surface area (Å²) in [5.41, 5.74) is 0.557. The predicted octanol–water partition coefficient (Wildman–Crippen LogP) is 25.1. The van der Waals surface area contributed by atoms with E-state index in [0.717, 1.165) is 68.2 Å². The molecule has 1 aromatic heterocycles. The van der Waals surface area contributed by atoms with Crippen LogP contribution in [-0.4, -0.2) is 93.7 Å². The zero-order chi connectivity index (χ0) is 90.3. The molecule has 1 saturated heterocycles. The van der Waals surface area contributed by atoms with Crippen molar-refractivity contribution in [3.8, 4) is 10.6 Å². The normalized spacial score (nSPS) is 21.9. The smallest absolute Gasteiger partial charge is 0.391 e. The molecule has 10 aromatic rings. The van der Waals surface area contributed by atoms with E-state index in [-0.39, 0.29) is 45.7 Å². The molecule has 2 heterocycles. The Morgan fingerprint density at radius 2 is 0.756 bits per heavy atom. The number of esters is 3. The van der Waals surface area contributed by atoms with Crippen LogP contribution in [0.4, 0.5) is 35.1 Å². The van der Waals surface area contributed by atoms with Crippen molar-refractivity contribution in [2.75, 3.05) is 19.8 Å². The summed E-state index contributed by atoms with van der Waals surface area (Å²) in [5, 5.41) is -11.4. The number of halogens is 8. The summed E-state index contributed by atoms with van der Waals surface area (Å²) in [7, 11) is -17.1. The van der Waals surface area contributed by atoms with Gasteiger partial charge >= 0.3 is 39.6 Å². The van der Waals surface area contributed by atoms with E-state index in [9.17, 15) is 83.9 Å². The Labute approximate surface area is 749 Å². The maximum absolute atomic E-state index is 13.1. The van der Waals surface area contributed by atoms with Crippen LogP contribution in [0.2, 0.25) is 0 Å². The molecule has 9 aromatic carbocycles. The summed E-state index contributed by atoms with van der Waals surface area (Å²) < 4.78 is 205. The maximum Gasteiger partial charge on any atom is 0.391 e. The van der Waals surface area contributed by atoms with Crippen molar-refractivity contribution in [3.63, 3.8) is 0 Å². The van der Waals surface area contributed by atoms with E-state index in [2.05, 4.69) is 264 Å². The molecule has 29 heteroatoms. The zero-order valence-corrected chi connectivity index (χ0v) is 75.3. The summed E-state index contributed by atoms with van der Waals surface area (Å²) in [6, 6.07) is 86.2. The van der Waals surface area contributed by atoms with Gasteiger partial charge in [-0.1, -0.05) is 193 Å². The Bertz CT molecular complexity index is 5290. The number of hydrogen-bond donors (Lipinski definition) is 0. The number of nitrogens with zero attached hydrogens (tertiary/aromatic N) is 1.